The van der Waals surface area contributed by atoms with Gasteiger partial charge in [0.1, 0.15) is 0 Å². The fraction of sp³-hybridized carbons (Fsp3) is 0.167. The van der Waals surface area contributed by atoms with Crippen LogP contribution in [0.2, 0.25) is 0 Å². The number of aryl methyl sites for hydroxylation is 1. The third kappa shape index (κ3) is 3.51. The first-order valence-corrected chi connectivity index (χ1v) is 8.18. The van der Waals surface area contributed by atoms with E-state index in [1.54, 1.807) is 0 Å². The molecule has 116 valence electrons. The van der Waals surface area contributed by atoms with Crippen LogP contribution in [0, 0.1) is 6.92 Å². The Morgan fingerprint density at radius 3 is 2.48 bits per heavy atom. The third-order valence-corrected chi connectivity index (χ3v) is 4.42. The van der Waals surface area contributed by atoms with E-state index in [1.165, 1.54) is 11.8 Å². The molecule has 1 atom stereocenters. The molecule has 0 aliphatic carbocycles. The van der Waals surface area contributed by atoms with Gasteiger partial charge < -0.3 is 4.42 Å². The number of ketones is 1. The zero-order chi connectivity index (χ0) is 16.2. The van der Waals surface area contributed by atoms with Crippen molar-refractivity contribution in [3.8, 4) is 11.5 Å². The van der Waals surface area contributed by atoms with Crippen LogP contribution in [0.25, 0.3) is 11.5 Å². The topological polar surface area (TPSA) is 56.0 Å². The van der Waals surface area contributed by atoms with Crippen LogP contribution in [0.4, 0.5) is 0 Å². The molecule has 0 N–H and O–H groups in total. The highest BCUT2D eigenvalue weighted by molar-refractivity contribution is 8.00. The van der Waals surface area contributed by atoms with E-state index < -0.39 is 0 Å². The summed E-state index contributed by atoms with van der Waals surface area (Å²) in [5.41, 5.74) is 2.67. The quantitative estimate of drug-likeness (QED) is 0.514. The molecule has 5 heteroatoms. The molecular weight excluding hydrogens is 308 g/mol. The summed E-state index contributed by atoms with van der Waals surface area (Å²) < 4.78 is 5.70. The predicted octanol–water partition coefficient (Wildman–Crippen LogP) is 4.41. The van der Waals surface area contributed by atoms with E-state index in [0.29, 0.717) is 16.7 Å². The number of aromatic nitrogens is 2. The van der Waals surface area contributed by atoms with Crippen molar-refractivity contribution in [2.45, 2.75) is 24.3 Å². The minimum Gasteiger partial charge on any atom is -0.411 e. The van der Waals surface area contributed by atoms with Crippen molar-refractivity contribution >= 4 is 17.5 Å². The molecule has 23 heavy (non-hydrogen) atoms. The highest BCUT2D eigenvalue weighted by atomic mass is 32.2. The van der Waals surface area contributed by atoms with Gasteiger partial charge in [-0.05, 0) is 25.5 Å². The molecule has 0 fully saturated rings. The van der Waals surface area contributed by atoms with Gasteiger partial charge in [0, 0.05) is 11.1 Å². The lowest BCUT2D eigenvalue weighted by Gasteiger charge is -2.06. The fourth-order valence-electron chi connectivity index (χ4n) is 2.22. The number of benzene rings is 2. The number of hydrogen-bond donors (Lipinski definition) is 0. The SMILES string of the molecule is Cc1ccccc1-c1nnc(SC(C)C(=O)c2ccccc2)o1. The van der Waals surface area contributed by atoms with Crippen LogP contribution < -0.4 is 0 Å². The Hall–Kier alpha value is -2.40. The Balaban J connectivity index is 1.74. The Morgan fingerprint density at radius 1 is 1.04 bits per heavy atom. The third-order valence-electron chi connectivity index (χ3n) is 3.49. The number of Topliss-reactive ketones (excluding diaryl/α,β-unsaturated/α-hetero) is 1. The van der Waals surface area contributed by atoms with Crippen LogP contribution in [0.1, 0.15) is 22.8 Å². The van der Waals surface area contributed by atoms with Crippen molar-refractivity contribution in [3.05, 3.63) is 65.7 Å². The lowest BCUT2D eigenvalue weighted by atomic mass is 10.1. The predicted molar refractivity (Wildman–Crippen MR) is 90.6 cm³/mol. The maximum absolute atomic E-state index is 12.4. The fourth-order valence-corrected chi connectivity index (χ4v) is 2.98. The van der Waals surface area contributed by atoms with Crippen LogP contribution in [0.5, 0.6) is 0 Å². The van der Waals surface area contributed by atoms with Crippen molar-refractivity contribution in [1.29, 1.82) is 0 Å². The number of rotatable bonds is 5. The van der Waals surface area contributed by atoms with Crippen LogP contribution in [0.3, 0.4) is 0 Å². The lowest BCUT2D eigenvalue weighted by Crippen LogP contribution is -2.13. The van der Waals surface area contributed by atoms with Crippen LogP contribution >= 0.6 is 11.8 Å². The molecule has 1 heterocycles. The molecule has 1 unspecified atom stereocenters. The Morgan fingerprint density at radius 2 is 1.74 bits per heavy atom. The highest BCUT2D eigenvalue weighted by Gasteiger charge is 2.20. The second kappa shape index (κ2) is 6.79. The Labute approximate surface area is 138 Å². The van der Waals surface area contributed by atoms with Crippen molar-refractivity contribution in [3.63, 3.8) is 0 Å². The van der Waals surface area contributed by atoms with Crippen molar-refractivity contribution in [2.75, 3.05) is 0 Å². The van der Waals surface area contributed by atoms with Gasteiger partial charge in [0.05, 0.1) is 5.25 Å². The molecular formula is C18H16N2O2S. The van der Waals surface area contributed by atoms with Gasteiger partial charge in [0.2, 0.25) is 5.89 Å². The molecule has 0 spiro atoms. The number of nitrogens with zero attached hydrogens (tertiary/aromatic N) is 2. The summed E-state index contributed by atoms with van der Waals surface area (Å²) in [6.07, 6.45) is 0. The molecule has 0 saturated carbocycles. The van der Waals surface area contributed by atoms with Gasteiger partial charge in [-0.2, -0.15) is 0 Å². The number of thioether (sulfide) groups is 1. The molecule has 0 aliphatic rings. The summed E-state index contributed by atoms with van der Waals surface area (Å²) in [5.74, 6) is 0.524. The average Bonchev–Trinajstić information content (AvgIpc) is 3.03. The highest BCUT2D eigenvalue weighted by Crippen LogP contribution is 2.28. The summed E-state index contributed by atoms with van der Waals surface area (Å²) in [4.78, 5) is 12.4. The van der Waals surface area contributed by atoms with Gasteiger partial charge in [-0.3, -0.25) is 4.79 Å². The van der Waals surface area contributed by atoms with Gasteiger partial charge in [0.25, 0.3) is 5.22 Å². The monoisotopic (exact) mass is 324 g/mol. The number of carbonyl (C=O) groups is 1. The van der Waals surface area contributed by atoms with E-state index in [0.717, 1.165) is 11.1 Å². The first-order chi connectivity index (χ1) is 11.1. The average molecular weight is 324 g/mol. The maximum atomic E-state index is 12.4. The number of hydrogen-bond acceptors (Lipinski definition) is 5. The minimum atomic E-state index is -0.289. The molecule has 0 radical (unpaired) electrons. The molecule has 2 aromatic carbocycles. The molecule has 0 saturated heterocycles. The normalized spacial score (nSPS) is 12.1. The van der Waals surface area contributed by atoms with E-state index >= 15 is 0 Å². The van der Waals surface area contributed by atoms with Gasteiger partial charge in [0.15, 0.2) is 5.78 Å². The Kier molecular flexibility index (Phi) is 4.57. The zero-order valence-electron chi connectivity index (χ0n) is 12.9. The lowest BCUT2D eigenvalue weighted by molar-refractivity contribution is 0.0993. The van der Waals surface area contributed by atoms with Crippen molar-refractivity contribution in [2.24, 2.45) is 0 Å². The second-order valence-electron chi connectivity index (χ2n) is 5.18. The van der Waals surface area contributed by atoms with Crippen LogP contribution in [0.15, 0.2) is 64.2 Å². The van der Waals surface area contributed by atoms with Gasteiger partial charge in [-0.25, -0.2) is 0 Å². The van der Waals surface area contributed by atoms with E-state index in [4.69, 9.17) is 4.42 Å². The first-order valence-electron chi connectivity index (χ1n) is 7.30. The second-order valence-corrected chi connectivity index (χ2v) is 6.47. The summed E-state index contributed by atoms with van der Waals surface area (Å²) in [6, 6.07) is 17.1. The Bertz CT molecular complexity index is 815. The zero-order valence-corrected chi connectivity index (χ0v) is 13.7. The van der Waals surface area contributed by atoms with Crippen molar-refractivity contribution < 1.29 is 9.21 Å². The smallest absolute Gasteiger partial charge is 0.277 e. The van der Waals surface area contributed by atoms with Gasteiger partial charge in [-0.1, -0.05) is 60.3 Å². The number of carbonyl (C=O) groups excluding carboxylic acids is 1. The van der Waals surface area contributed by atoms with E-state index in [2.05, 4.69) is 10.2 Å². The van der Waals surface area contributed by atoms with Gasteiger partial charge in [-0.15, -0.1) is 10.2 Å². The standard InChI is InChI=1S/C18H16N2O2S/c1-12-8-6-7-11-15(12)17-19-20-18(22-17)23-13(2)16(21)14-9-4-3-5-10-14/h3-11,13H,1-2H3. The summed E-state index contributed by atoms with van der Waals surface area (Å²) >= 11 is 1.28. The maximum Gasteiger partial charge on any atom is 0.277 e. The molecule has 0 bridgehead atoms. The summed E-state index contributed by atoms with van der Waals surface area (Å²) in [7, 11) is 0. The molecule has 3 rings (SSSR count). The molecule has 0 amide bonds. The van der Waals surface area contributed by atoms with Crippen LogP contribution in [-0.2, 0) is 0 Å². The van der Waals surface area contributed by atoms with E-state index in [1.807, 2.05) is 68.4 Å². The minimum absolute atomic E-state index is 0.0474. The van der Waals surface area contributed by atoms with Gasteiger partial charge >= 0.3 is 0 Å². The summed E-state index contributed by atoms with van der Waals surface area (Å²) in [5, 5.41) is 8.24. The molecule has 0 aliphatic heterocycles. The summed E-state index contributed by atoms with van der Waals surface area (Å²) in [6.45, 7) is 3.84. The molecule has 4 nitrogen and oxygen atoms in total. The van der Waals surface area contributed by atoms with E-state index in [-0.39, 0.29) is 11.0 Å². The van der Waals surface area contributed by atoms with E-state index in [9.17, 15) is 4.79 Å². The first kappa shape index (κ1) is 15.5. The van der Waals surface area contributed by atoms with Crippen LogP contribution in [-0.4, -0.2) is 21.2 Å². The molecule has 3 aromatic rings. The largest absolute Gasteiger partial charge is 0.411 e. The van der Waals surface area contributed by atoms with Crippen molar-refractivity contribution in [1.82, 2.24) is 10.2 Å². The molecule has 1 aromatic heterocycles.